The first kappa shape index (κ1) is 21.2. The molecule has 2 aromatic carbocycles. The number of amides is 1. The number of rotatable bonds is 7. The number of piperazine rings is 1. The molecule has 1 N–H and O–H groups in total. The zero-order valence-electron chi connectivity index (χ0n) is 18.1. The summed E-state index contributed by atoms with van der Waals surface area (Å²) < 4.78 is 5.48. The summed E-state index contributed by atoms with van der Waals surface area (Å²) in [7, 11) is 0. The van der Waals surface area contributed by atoms with Crippen LogP contribution in [0.1, 0.15) is 31.2 Å². The molecule has 1 amide bonds. The molecule has 3 aromatic rings. The van der Waals surface area contributed by atoms with E-state index in [-0.39, 0.29) is 5.91 Å². The number of hydrogen-bond acceptors (Lipinski definition) is 6. The molecular formula is C24H29N5O2. The van der Waals surface area contributed by atoms with E-state index < -0.39 is 0 Å². The molecule has 1 aliphatic heterocycles. The first-order valence-corrected chi connectivity index (χ1v) is 10.8. The molecular weight excluding hydrogens is 390 g/mol. The van der Waals surface area contributed by atoms with Gasteiger partial charge in [0, 0.05) is 37.4 Å². The van der Waals surface area contributed by atoms with Crippen LogP contribution in [0.25, 0.3) is 11.4 Å². The minimum absolute atomic E-state index is 0.0182. The fourth-order valence-electron chi connectivity index (χ4n) is 3.68. The quantitative estimate of drug-likeness (QED) is 0.631. The third-order valence-corrected chi connectivity index (χ3v) is 5.55. The summed E-state index contributed by atoms with van der Waals surface area (Å²) >= 11 is 0. The Morgan fingerprint density at radius 2 is 1.68 bits per heavy atom. The molecule has 1 saturated heterocycles. The van der Waals surface area contributed by atoms with Crippen LogP contribution < -0.4 is 5.32 Å². The van der Waals surface area contributed by atoms with Crippen molar-refractivity contribution in [2.24, 2.45) is 0 Å². The van der Waals surface area contributed by atoms with Crippen LogP contribution in [-0.2, 0) is 11.3 Å². The average Bonchev–Trinajstić information content (AvgIpc) is 3.24. The summed E-state index contributed by atoms with van der Waals surface area (Å²) in [5.74, 6) is 1.77. The van der Waals surface area contributed by atoms with Gasteiger partial charge in [0.1, 0.15) is 0 Å². The predicted molar refractivity (Wildman–Crippen MR) is 121 cm³/mol. The third kappa shape index (κ3) is 5.77. The third-order valence-electron chi connectivity index (χ3n) is 5.55. The van der Waals surface area contributed by atoms with Crippen LogP contribution in [0, 0.1) is 0 Å². The molecule has 2 heterocycles. The van der Waals surface area contributed by atoms with Gasteiger partial charge in [-0.3, -0.25) is 14.6 Å². The van der Waals surface area contributed by atoms with Crippen molar-refractivity contribution in [2.45, 2.75) is 26.3 Å². The maximum Gasteiger partial charge on any atom is 0.241 e. The number of carbonyl (C=O) groups excluding carboxylic acids is 1. The summed E-state index contributed by atoms with van der Waals surface area (Å²) in [6.45, 7) is 8.77. The molecule has 0 radical (unpaired) electrons. The Balaban J connectivity index is 1.24. The Bertz CT molecular complexity index is 977. The lowest BCUT2D eigenvalue weighted by Gasteiger charge is -2.33. The first-order chi connectivity index (χ1) is 15.1. The van der Waals surface area contributed by atoms with E-state index in [2.05, 4.69) is 51.2 Å². The Morgan fingerprint density at radius 1 is 1.00 bits per heavy atom. The van der Waals surface area contributed by atoms with Gasteiger partial charge in [-0.2, -0.15) is 4.98 Å². The van der Waals surface area contributed by atoms with Crippen molar-refractivity contribution in [3.63, 3.8) is 0 Å². The average molecular weight is 420 g/mol. The highest BCUT2D eigenvalue weighted by Crippen LogP contribution is 2.21. The summed E-state index contributed by atoms with van der Waals surface area (Å²) in [6.07, 6.45) is 0. The molecule has 1 aliphatic rings. The molecule has 0 saturated carbocycles. The molecule has 162 valence electrons. The molecule has 0 unspecified atom stereocenters. The van der Waals surface area contributed by atoms with Gasteiger partial charge in [0.25, 0.3) is 0 Å². The number of para-hydroxylation sites is 1. The van der Waals surface area contributed by atoms with Gasteiger partial charge in [-0.15, -0.1) is 0 Å². The zero-order valence-corrected chi connectivity index (χ0v) is 18.1. The summed E-state index contributed by atoms with van der Waals surface area (Å²) in [5.41, 5.74) is 3.09. The maximum absolute atomic E-state index is 12.2. The minimum atomic E-state index is 0.0182. The van der Waals surface area contributed by atoms with Crippen LogP contribution in [0.15, 0.2) is 59.1 Å². The van der Waals surface area contributed by atoms with E-state index in [0.717, 1.165) is 37.4 Å². The van der Waals surface area contributed by atoms with E-state index in [1.807, 2.05) is 42.5 Å². The molecule has 7 heteroatoms. The highest BCUT2D eigenvalue weighted by molar-refractivity contribution is 5.92. The molecule has 0 spiro atoms. The van der Waals surface area contributed by atoms with E-state index in [1.165, 1.54) is 5.56 Å². The first-order valence-electron chi connectivity index (χ1n) is 10.8. The van der Waals surface area contributed by atoms with Crippen LogP contribution in [-0.4, -0.2) is 58.6 Å². The normalized spacial score (nSPS) is 15.3. The second-order valence-corrected chi connectivity index (χ2v) is 8.25. The van der Waals surface area contributed by atoms with Crippen molar-refractivity contribution in [1.29, 1.82) is 0 Å². The van der Waals surface area contributed by atoms with E-state index in [4.69, 9.17) is 4.52 Å². The molecule has 0 aliphatic carbocycles. The lowest BCUT2D eigenvalue weighted by molar-refractivity contribution is -0.117. The fourth-order valence-corrected chi connectivity index (χ4v) is 3.68. The van der Waals surface area contributed by atoms with Crippen molar-refractivity contribution in [3.05, 3.63) is 66.1 Å². The van der Waals surface area contributed by atoms with Crippen LogP contribution in [0.4, 0.5) is 5.69 Å². The number of benzene rings is 2. The van der Waals surface area contributed by atoms with Crippen molar-refractivity contribution in [3.8, 4) is 11.4 Å². The summed E-state index contributed by atoms with van der Waals surface area (Å²) in [5, 5.41) is 7.09. The smallest absolute Gasteiger partial charge is 0.241 e. The topological polar surface area (TPSA) is 74.5 Å². The zero-order chi connectivity index (χ0) is 21.6. The van der Waals surface area contributed by atoms with Crippen LogP contribution >= 0.6 is 0 Å². The van der Waals surface area contributed by atoms with Crippen LogP contribution in [0.3, 0.4) is 0 Å². The van der Waals surface area contributed by atoms with Gasteiger partial charge in [0.15, 0.2) is 0 Å². The van der Waals surface area contributed by atoms with Crippen molar-refractivity contribution >= 4 is 11.6 Å². The number of nitrogens with one attached hydrogen (secondary N) is 1. The van der Waals surface area contributed by atoms with Gasteiger partial charge in [-0.05, 0) is 23.6 Å². The largest absolute Gasteiger partial charge is 0.338 e. The highest BCUT2D eigenvalue weighted by atomic mass is 16.5. The van der Waals surface area contributed by atoms with E-state index in [9.17, 15) is 4.79 Å². The standard InChI is InChI=1S/C24H29N5O2/c1-18(2)19-8-10-20(11-9-19)24-26-23(31-27-24)17-29-14-12-28(13-15-29)16-22(30)25-21-6-4-3-5-7-21/h3-11,18H,12-17H2,1-2H3,(H,25,30). The SMILES string of the molecule is CC(C)c1ccc(-c2noc(CN3CCN(CC(=O)Nc4ccccc4)CC3)n2)cc1. The highest BCUT2D eigenvalue weighted by Gasteiger charge is 2.21. The molecule has 0 bridgehead atoms. The fraction of sp³-hybridized carbons (Fsp3) is 0.375. The van der Waals surface area contributed by atoms with Crippen molar-refractivity contribution < 1.29 is 9.32 Å². The van der Waals surface area contributed by atoms with Gasteiger partial charge >= 0.3 is 0 Å². The number of carbonyl (C=O) groups is 1. The lowest BCUT2D eigenvalue weighted by atomic mass is 10.0. The number of hydrogen-bond donors (Lipinski definition) is 1. The maximum atomic E-state index is 12.2. The Labute approximate surface area is 183 Å². The minimum Gasteiger partial charge on any atom is -0.338 e. The van der Waals surface area contributed by atoms with Gasteiger partial charge in [0.2, 0.25) is 17.6 Å². The number of nitrogens with zero attached hydrogens (tertiary/aromatic N) is 4. The van der Waals surface area contributed by atoms with Gasteiger partial charge < -0.3 is 9.84 Å². The Morgan fingerprint density at radius 3 is 2.35 bits per heavy atom. The van der Waals surface area contributed by atoms with Gasteiger partial charge in [-0.1, -0.05) is 61.5 Å². The van der Waals surface area contributed by atoms with E-state index >= 15 is 0 Å². The van der Waals surface area contributed by atoms with Gasteiger partial charge in [-0.25, -0.2) is 0 Å². The lowest BCUT2D eigenvalue weighted by Crippen LogP contribution is -2.48. The Hall–Kier alpha value is -3.03. The molecule has 4 rings (SSSR count). The predicted octanol–water partition coefficient (Wildman–Crippen LogP) is 3.62. The Kier molecular flexibility index (Phi) is 6.74. The van der Waals surface area contributed by atoms with Crippen molar-refractivity contribution in [2.75, 3.05) is 38.0 Å². The molecule has 1 aromatic heterocycles. The van der Waals surface area contributed by atoms with Gasteiger partial charge in [0.05, 0.1) is 13.1 Å². The van der Waals surface area contributed by atoms with E-state index in [1.54, 1.807) is 0 Å². The molecule has 31 heavy (non-hydrogen) atoms. The molecule has 1 fully saturated rings. The monoisotopic (exact) mass is 419 g/mol. The van der Waals surface area contributed by atoms with Crippen LogP contribution in [0.5, 0.6) is 0 Å². The van der Waals surface area contributed by atoms with Crippen molar-refractivity contribution in [1.82, 2.24) is 19.9 Å². The summed E-state index contributed by atoms with van der Waals surface area (Å²) in [6, 6.07) is 17.9. The number of aromatic nitrogens is 2. The van der Waals surface area contributed by atoms with E-state index in [0.29, 0.717) is 30.7 Å². The second-order valence-electron chi connectivity index (χ2n) is 8.25. The second kappa shape index (κ2) is 9.85. The number of anilines is 1. The summed E-state index contributed by atoms with van der Waals surface area (Å²) in [4.78, 5) is 21.3. The van der Waals surface area contributed by atoms with Crippen LogP contribution in [0.2, 0.25) is 0 Å². The molecule has 0 atom stereocenters. The molecule has 7 nitrogen and oxygen atoms in total.